The summed E-state index contributed by atoms with van der Waals surface area (Å²) in [6, 6.07) is 12.1. The second-order valence-corrected chi connectivity index (χ2v) is 8.56. The van der Waals surface area contributed by atoms with Crippen LogP contribution in [0.2, 0.25) is 0 Å². The molecule has 0 radical (unpaired) electrons. The predicted molar refractivity (Wildman–Crippen MR) is 117 cm³/mol. The summed E-state index contributed by atoms with van der Waals surface area (Å²) in [6.45, 7) is 11.3. The molecule has 0 saturated carbocycles. The van der Waals surface area contributed by atoms with E-state index in [1.807, 2.05) is 38.1 Å². The lowest BCUT2D eigenvalue weighted by Gasteiger charge is -2.19. The topological polar surface area (TPSA) is 32.3 Å². The third-order valence-electron chi connectivity index (χ3n) is 4.99. The predicted octanol–water partition coefficient (Wildman–Crippen LogP) is 5.32. The second-order valence-electron chi connectivity index (χ2n) is 7.41. The molecule has 1 atom stereocenters. The molecule has 0 N–H and O–H groups in total. The average molecular weight is 383 g/mol. The summed E-state index contributed by atoms with van der Waals surface area (Å²) < 4.78 is 5.96. The van der Waals surface area contributed by atoms with Crippen LogP contribution in [0.3, 0.4) is 0 Å². The van der Waals surface area contributed by atoms with Crippen LogP contribution < -0.4 is 15.1 Å². The summed E-state index contributed by atoms with van der Waals surface area (Å²) in [6.07, 6.45) is 4.88. The Labute approximate surface area is 166 Å². The molecule has 2 nitrogen and oxygen atoms in total. The molecule has 2 rings (SSSR count). The van der Waals surface area contributed by atoms with E-state index in [-0.39, 0.29) is 5.48 Å². The van der Waals surface area contributed by atoms with E-state index in [1.165, 1.54) is 24.8 Å². The Morgan fingerprint density at radius 3 is 2.22 bits per heavy atom. The quantitative estimate of drug-likeness (QED) is 0.549. The van der Waals surface area contributed by atoms with Gasteiger partial charge in [-0.25, -0.2) is 0 Å². The Hall–Kier alpha value is -1.63. The highest BCUT2D eigenvalue weighted by atomic mass is 31.1. The van der Waals surface area contributed by atoms with E-state index in [1.54, 1.807) is 0 Å². The summed E-state index contributed by atoms with van der Waals surface area (Å²) in [4.78, 5) is 0. The summed E-state index contributed by atoms with van der Waals surface area (Å²) in [5, 5.41) is 13.8. The standard InChI is InChI=1S/C24H33O2P/c1-6-8-9-20(7-2)16-26-21-10-12-22(13-11-21)27-24(25)23-18(4)14-17(3)15-19(23)5/h10-15,20,25H,6-9,16H2,1-5H3/p-1. The summed E-state index contributed by atoms with van der Waals surface area (Å²) >= 11 is 0. The Balaban J connectivity index is 2.05. The highest BCUT2D eigenvalue weighted by Gasteiger charge is 2.07. The number of hydrogen-bond donors (Lipinski definition) is 0. The van der Waals surface area contributed by atoms with E-state index in [0.717, 1.165) is 40.8 Å². The fourth-order valence-electron chi connectivity index (χ4n) is 3.42. The molecule has 1 unspecified atom stereocenters. The third-order valence-corrected chi connectivity index (χ3v) is 5.97. The van der Waals surface area contributed by atoms with Crippen molar-refractivity contribution >= 4 is 19.0 Å². The minimum atomic E-state index is 0.157. The minimum absolute atomic E-state index is 0.157. The summed E-state index contributed by atoms with van der Waals surface area (Å²) in [7, 11) is 0.715. The van der Waals surface area contributed by atoms with Crippen LogP contribution in [0.4, 0.5) is 0 Å². The van der Waals surface area contributed by atoms with Gasteiger partial charge in [-0.3, -0.25) is 0 Å². The van der Waals surface area contributed by atoms with Crippen LogP contribution in [-0.4, -0.2) is 12.1 Å². The van der Waals surface area contributed by atoms with Crippen molar-refractivity contribution < 1.29 is 9.84 Å². The number of benzene rings is 2. The fourth-order valence-corrected chi connectivity index (χ4v) is 4.42. The molecule has 0 bridgehead atoms. The molecule has 0 fully saturated rings. The number of rotatable bonds is 9. The number of unbranched alkanes of at least 4 members (excludes halogenated alkanes) is 1. The van der Waals surface area contributed by atoms with Crippen LogP contribution in [0, 0.1) is 26.7 Å². The second kappa shape index (κ2) is 10.6. The molecule has 0 heterocycles. The van der Waals surface area contributed by atoms with Crippen molar-refractivity contribution in [1.29, 1.82) is 0 Å². The first-order valence-electron chi connectivity index (χ1n) is 10.0. The van der Waals surface area contributed by atoms with E-state index >= 15 is 0 Å². The number of aryl methyl sites for hydroxylation is 3. The van der Waals surface area contributed by atoms with Gasteiger partial charge in [0.15, 0.2) is 0 Å². The Kier molecular flexibility index (Phi) is 8.54. The zero-order chi connectivity index (χ0) is 19.8. The number of ether oxygens (including phenoxy) is 1. The lowest BCUT2D eigenvalue weighted by molar-refractivity contribution is -0.207. The van der Waals surface area contributed by atoms with Gasteiger partial charge in [0.2, 0.25) is 0 Å². The van der Waals surface area contributed by atoms with Gasteiger partial charge in [-0.2, -0.15) is 0 Å². The van der Waals surface area contributed by atoms with Gasteiger partial charge in [0.25, 0.3) is 0 Å². The van der Waals surface area contributed by atoms with Crippen molar-refractivity contribution in [2.24, 2.45) is 5.92 Å². The van der Waals surface area contributed by atoms with Crippen LogP contribution >= 0.6 is 8.20 Å². The number of hydrogen-bond acceptors (Lipinski definition) is 2. The monoisotopic (exact) mass is 383 g/mol. The fraction of sp³-hybridized carbons (Fsp3) is 0.458. The van der Waals surface area contributed by atoms with Crippen molar-refractivity contribution in [2.75, 3.05) is 6.61 Å². The van der Waals surface area contributed by atoms with Crippen molar-refractivity contribution in [3.8, 4) is 5.75 Å². The largest absolute Gasteiger partial charge is 0.823 e. The van der Waals surface area contributed by atoms with Crippen molar-refractivity contribution in [3.05, 3.63) is 58.7 Å². The van der Waals surface area contributed by atoms with Gasteiger partial charge in [-0.1, -0.05) is 59.0 Å². The van der Waals surface area contributed by atoms with Gasteiger partial charge in [-0.05, 0) is 74.1 Å². The lowest BCUT2D eigenvalue weighted by Crippen LogP contribution is -2.20. The molecule has 0 spiro atoms. The van der Waals surface area contributed by atoms with E-state index in [0.29, 0.717) is 14.1 Å². The SMILES string of the molecule is CCCCC(CC)COc1ccc(P=C([O-])c2c(C)cc(C)cc2C)cc1. The van der Waals surface area contributed by atoms with Gasteiger partial charge < -0.3 is 9.84 Å². The van der Waals surface area contributed by atoms with Crippen molar-refractivity contribution in [1.82, 2.24) is 0 Å². The van der Waals surface area contributed by atoms with Crippen molar-refractivity contribution in [3.63, 3.8) is 0 Å². The van der Waals surface area contributed by atoms with Gasteiger partial charge in [0.1, 0.15) is 5.75 Å². The van der Waals surface area contributed by atoms with E-state index < -0.39 is 0 Å². The zero-order valence-electron chi connectivity index (χ0n) is 17.3. The van der Waals surface area contributed by atoms with Gasteiger partial charge >= 0.3 is 0 Å². The first-order chi connectivity index (χ1) is 12.9. The van der Waals surface area contributed by atoms with Gasteiger partial charge in [0.05, 0.1) is 6.61 Å². The summed E-state index contributed by atoms with van der Waals surface area (Å²) in [5.74, 6) is 1.51. The molecule has 27 heavy (non-hydrogen) atoms. The Bertz CT molecular complexity index is 739. The highest BCUT2D eigenvalue weighted by Crippen LogP contribution is 2.20. The van der Waals surface area contributed by atoms with Crippen LogP contribution in [0.15, 0.2) is 36.4 Å². The van der Waals surface area contributed by atoms with Gasteiger partial charge in [-0.15, -0.1) is 5.48 Å². The maximum atomic E-state index is 12.8. The van der Waals surface area contributed by atoms with Crippen LogP contribution in [0.25, 0.3) is 0 Å². The van der Waals surface area contributed by atoms with Crippen molar-refractivity contribution in [2.45, 2.75) is 60.3 Å². The van der Waals surface area contributed by atoms with E-state index in [9.17, 15) is 5.11 Å². The Morgan fingerprint density at radius 1 is 1.04 bits per heavy atom. The first-order valence-corrected chi connectivity index (χ1v) is 10.9. The molecular formula is C24H32O2P-. The molecular weight excluding hydrogens is 351 g/mol. The van der Waals surface area contributed by atoms with E-state index in [2.05, 4.69) is 32.9 Å². The van der Waals surface area contributed by atoms with E-state index in [4.69, 9.17) is 4.74 Å². The normalized spacial score (nSPS) is 12.9. The molecule has 0 aliphatic carbocycles. The molecule has 0 saturated heterocycles. The smallest absolute Gasteiger partial charge is 0.119 e. The third kappa shape index (κ3) is 6.48. The molecule has 2 aromatic carbocycles. The molecule has 0 aliphatic rings. The molecule has 3 heteroatoms. The maximum absolute atomic E-state index is 12.8. The molecule has 146 valence electrons. The highest BCUT2D eigenvalue weighted by molar-refractivity contribution is 7.49. The molecule has 2 aromatic rings. The molecule has 0 aliphatic heterocycles. The van der Waals surface area contributed by atoms with Crippen LogP contribution in [0.1, 0.15) is 61.8 Å². The van der Waals surface area contributed by atoms with Gasteiger partial charge in [0, 0.05) is 5.30 Å². The zero-order valence-corrected chi connectivity index (χ0v) is 18.2. The van der Waals surface area contributed by atoms with Crippen LogP contribution in [-0.2, 0) is 0 Å². The lowest BCUT2D eigenvalue weighted by atomic mass is 10.0. The first kappa shape index (κ1) is 21.7. The molecule has 0 amide bonds. The summed E-state index contributed by atoms with van der Waals surface area (Å²) in [5.41, 5.74) is 4.32. The maximum Gasteiger partial charge on any atom is 0.119 e. The Morgan fingerprint density at radius 2 is 1.67 bits per heavy atom. The molecule has 0 aromatic heterocycles. The van der Waals surface area contributed by atoms with Crippen LogP contribution in [0.5, 0.6) is 5.75 Å². The minimum Gasteiger partial charge on any atom is -0.823 e. The average Bonchev–Trinajstić information content (AvgIpc) is 2.62.